The molecule has 3 heteroatoms. The van der Waals surface area contributed by atoms with Gasteiger partial charge in [0.05, 0.1) is 0 Å². The third-order valence-corrected chi connectivity index (χ3v) is 2.82. The molecular weight excluding hydrogens is 196 g/mol. The molecule has 0 aromatic carbocycles. The quantitative estimate of drug-likeness (QED) is 0.440. The fraction of sp³-hybridized carbons (Fsp3) is 0.909. The van der Waals surface area contributed by atoms with E-state index in [4.69, 9.17) is 0 Å². The lowest BCUT2D eigenvalue weighted by Crippen LogP contribution is -1.82. The summed E-state index contributed by atoms with van der Waals surface area (Å²) >= 11 is 0. The van der Waals surface area contributed by atoms with Crippen molar-refractivity contribution >= 4 is 15.7 Å². The molecule has 0 aromatic rings. The van der Waals surface area contributed by atoms with Gasteiger partial charge in [-0.25, -0.2) is 0 Å². The number of rotatable bonds is 9. The Kier molecular flexibility index (Phi) is 10.5. The normalized spacial score (nSPS) is 10.1. The Morgan fingerprint density at radius 2 is 1.36 bits per heavy atom. The first kappa shape index (κ1) is 13.7. The van der Waals surface area contributed by atoms with Crippen LogP contribution >= 0.6 is 0 Å². The van der Waals surface area contributed by atoms with Crippen molar-refractivity contribution in [3.63, 3.8) is 0 Å². The lowest BCUT2D eigenvalue weighted by atomic mass is 10.1. The van der Waals surface area contributed by atoms with Gasteiger partial charge in [-0.15, -0.1) is 0 Å². The second-order valence-electron chi connectivity index (χ2n) is 3.69. The lowest BCUT2D eigenvalue weighted by Gasteiger charge is -1.99. The Labute approximate surface area is 89.2 Å². The van der Waals surface area contributed by atoms with Crippen molar-refractivity contribution in [1.29, 1.82) is 0 Å². The van der Waals surface area contributed by atoms with Gasteiger partial charge in [-0.1, -0.05) is 51.9 Å². The molecule has 0 N–H and O–H groups in total. The first-order valence-corrected chi connectivity index (χ1v) is 6.82. The maximum atomic E-state index is 10.2. The molecule has 0 saturated carbocycles. The van der Waals surface area contributed by atoms with E-state index in [9.17, 15) is 8.42 Å². The van der Waals surface area contributed by atoms with Crippen LogP contribution in [0.2, 0.25) is 0 Å². The van der Waals surface area contributed by atoms with Gasteiger partial charge in [0.25, 0.3) is 0 Å². The largest absolute Gasteiger partial charge is 0.209 e. The van der Waals surface area contributed by atoms with Crippen LogP contribution in [0.15, 0.2) is 0 Å². The zero-order chi connectivity index (χ0) is 10.6. The molecule has 2 nitrogen and oxygen atoms in total. The van der Waals surface area contributed by atoms with Gasteiger partial charge in [-0.05, 0) is 12.8 Å². The van der Waals surface area contributed by atoms with E-state index in [1.165, 1.54) is 50.3 Å². The van der Waals surface area contributed by atoms with Crippen molar-refractivity contribution in [3.05, 3.63) is 0 Å². The van der Waals surface area contributed by atoms with E-state index in [-0.39, 0.29) is 0 Å². The minimum atomic E-state index is -1.95. The molecule has 84 valence electrons. The summed E-state index contributed by atoms with van der Waals surface area (Å²) in [5.74, 6) is 0. The van der Waals surface area contributed by atoms with Crippen LogP contribution in [0.5, 0.6) is 0 Å². The maximum Gasteiger partial charge on any atom is 0.209 e. The van der Waals surface area contributed by atoms with Gasteiger partial charge in [0.1, 0.15) is 0 Å². The molecule has 0 unspecified atom stereocenters. The molecule has 0 aliphatic heterocycles. The summed E-state index contributed by atoms with van der Waals surface area (Å²) in [7, 11) is -1.95. The molecule has 0 aromatic heterocycles. The monoisotopic (exact) mass is 218 g/mol. The van der Waals surface area contributed by atoms with Crippen molar-refractivity contribution < 1.29 is 8.42 Å². The van der Waals surface area contributed by atoms with E-state index >= 15 is 0 Å². The van der Waals surface area contributed by atoms with E-state index in [2.05, 4.69) is 6.92 Å². The van der Waals surface area contributed by atoms with Gasteiger partial charge in [-0.2, -0.15) is 8.42 Å². The average Bonchev–Trinajstić information content (AvgIpc) is 2.15. The second-order valence-corrected chi connectivity index (χ2v) is 4.55. The molecular formula is C11H22O2S. The highest BCUT2D eigenvalue weighted by atomic mass is 32.2. The molecule has 14 heavy (non-hydrogen) atoms. The lowest BCUT2D eigenvalue weighted by molar-refractivity contribution is 0.581. The minimum absolute atomic E-state index is 0.713. The fourth-order valence-corrected chi connectivity index (χ4v) is 1.82. The van der Waals surface area contributed by atoms with Crippen LogP contribution in [0.25, 0.3) is 0 Å². The molecule has 0 amide bonds. The molecule has 0 aliphatic carbocycles. The maximum absolute atomic E-state index is 10.2. The second kappa shape index (κ2) is 10.8. The summed E-state index contributed by atoms with van der Waals surface area (Å²) in [6.45, 7) is 2.22. The van der Waals surface area contributed by atoms with Crippen molar-refractivity contribution in [3.8, 4) is 0 Å². The highest BCUT2D eigenvalue weighted by Gasteiger charge is 1.90. The van der Waals surface area contributed by atoms with E-state index in [1.807, 2.05) is 0 Å². The summed E-state index contributed by atoms with van der Waals surface area (Å²) in [5, 5.41) is 1.36. The zero-order valence-electron chi connectivity index (χ0n) is 9.17. The SMILES string of the molecule is CCCCCCCCCCC=S(=O)=O. The van der Waals surface area contributed by atoms with Gasteiger partial charge < -0.3 is 0 Å². The molecule has 0 bridgehead atoms. The van der Waals surface area contributed by atoms with Crippen molar-refractivity contribution in [2.75, 3.05) is 0 Å². The first-order chi connectivity index (χ1) is 6.77. The third-order valence-electron chi connectivity index (χ3n) is 2.31. The number of hydrogen-bond acceptors (Lipinski definition) is 2. The summed E-state index contributed by atoms with van der Waals surface area (Å²) in [6, 6.07) is 0. The summed E-state index contributed by atoms with van der Waals surface area (Å²) in [5.41, 5.74) is 0. The van der Waals surface area contributed by atoms with Gasteiger partial charge in [-0.3, -0.25) is 0 Å². The van der Waals surface area contributed by atoms with Crippen LogP contribution in [0, 0.1) is 0 Å². The topological polar surface area (TPSA) is 34.1 Å². The van der Waals surface area contributed by atoms with Crippen LogP contribution in [0.1, 0.15) is 64.7 Å². The van der Waals surface area contributed by atoms with Gasteiger partial charge in [0, 0.05) is 5.37 Å². The van der Waals surface area contributed by atoms with Crippen molar-refractivity contribution in [2.24, 2.45) is 0 Å². The summed E-state index contributed by atoms with van der Waals surface area (Å²) in [4.78, 5) is 0. The number of unbranched alkanes of at least 4 members (excludes halogenated alkanes) is 8. The van der Waals surface area contributed by atoms with Crippen LogP contribution in [0.4, 0.5) is 0 Å². The van der Waals surface area contributed by atoms with E-state index in [0.717, 1.165) is 6.42 Å². The van der Waals surface area contributed by atoms with Gasteiger partial charge >= 0.3 is 0 Å². The Morgan fingerprint density at radius 3 is 1.86 bits per heavy atom. The van der Waals surface area contributed by atoms with Crippen LogP contribution < -0.4 is 0 Å². The fourth-order valence-electron chi connectivity index (χ4n) is 1.46. The smallest absolute Gasteiger partial charge is 0.185 e. The Hall–Kier alpha value is -0.310. The van der Waals surface area contributed by atoms with Crippen LogP contribution in [-0.2, 0) is 10.3 Å². The molecule has 0 heterocycles. The van der Waals surface area contributed by atoms with Crippen molar-refractivity contribution in [1.82, 2.24) is 0 Å². The molecule has 0 spiro atoms. The highest BCUT2D eigenvalue weighted by molar-refractivity contribution is 7.71. The van der Waals surface area contributed by atoms with Gasteiger partial charge in [0.2, 0.25) is 10.3 Å². The molecule has 0 saturated heterocycles. The predicted molar refractivity (Wildman–Crippen MR) is 62.2 cm³/mol. The molecule has 0 radical (unpaired) electrons. The number of hydrogen-bond donors (Lipinski definition) is 0. The molecule has 0 aliphatic rings. The van der Waals surface area contributed by atoms with Crippen LogP contribution in [0.3, 0.4) is 0 Å². The standard InChI is InChI=1S/C11H22O2S/c1-2-3-4-5-6-7-8-9-10-11-14(12)13/h11H,2-10H2,1H3. The predicted octanol–water partition coefficient (Wildman–Crippen LogP) is 3.20. The zero-order valence-corrected chi connectivity index (χ0v) is 9.98. The average molecular weight is 218 g/mol. The Balaban J connectivity index is 3.03. The van der Waals surface area contributed by atoms with E-state index in [1.54, 1.807) is 0 Å². The first-order valence-electron chi connectivity index (χ1n) is 5.68. The Bertz CT molecular complexity index is 222. The summed E-state index contributed by atoms with van der Waals surface area (Å²) < 4.78 is 20.3. The van der Waals surface area contributed by atoms with Gasteiger partial charge in [0.15, 0.2) is 0 Å². The van der Waals surface area contributed by atoms with E-state index in [0.29, 0.717) is 6.42 Å². The van der Waals surface area contributed by atoms with Crippen LogP contribution in [-0.4, -0.2) is 13.8 Å². The molecule has 0 rings (SSSR count). The molecule has 0 fully saturated rings. The minimum Gasteiger partial charge on any atom is -0.185 e. The summed E-state index contributed by atoms with van der Waals surface area (Å²) in [6.07, 6.45) is 10.8. The van der Waals surface area contributed by atoms with Crippen molar-refractivity contribution in [2.45, 2.75) is 64.7 Å². The third kappa shape index (κ3) is 11.7. The molecule has 0 atom stereocenters. The highest BCUT2D eigenvalue weighted by Crippen LogP contribution is 2.08. The Morgan fingerprint density at radius 1 is 0.857 bits per heavy atom. The van der Waals surface area contributed by atoms with E-state index < -0.39 is 10.3 Å².